The molecule has 0 spiro atoms. The molecule has 3 rings (SSSR count). The molecular formula is C26H33N. The minimum atomic E-state index is 0.208. The summed E-state index contributed by atoms with van der Waals surface area (Å²) in [6, 6.07) is 19.9. The Balaban J connectivity index is 1.62. The summed E-state index contributed by atoms with van der Waals surface area (Å²) in [5, 5.41) is 0. The Hall–Kier alpha value is -2.04. The van der Waals surface area contributed by atoms with Crippen molar-refractivity contribution in [3.05, 3.63) is 71.3 Å². The van der Waals surface area contributed by atoms with E-state index in [1.807, 2.05) is 0 Å². The Kier molecular flexibility index (Phi) is 8.00. The summed E-state index contributed by atoms with van der Waals surface area (Å²) in [7, 11) is 0. The van der Waals surface area contributed by atoms with Crippen molar-refractivity contribution in [1.82, 2.24) is 4.90 Å². The van der Waals surface area contributed by atoms with Crippen LogP contribution in [0.1, 0.15) is 74.6 Å². The van der Waals surface area contributed by atoms with E-state index < -0.39 is 0 Å². The average Bonchev–Trinajstić information content (AvgIpc) is 2.73. The first-order valence-corrected chi connectivity index (χ1v) is 10.7. The molecule has 1 unspecified atom stereocenters. The van der Waals surface area contributed by atoms with Gasteiger partial charge in [0.15, 0.2) is 0 Å². The molecule has 0 aromatic heterocycles. The van der Waals surface area contributed by atoms with E-state index >= 15 is 0 Å². The highest BCUT2D eigenvalue weighted by atomic mass is 15.2. The zero-order valence-corrected chi connectivity index (χ0v) is 16.8. The van der Waals surface area contributed by atoms with Crippen LogP contribution >= 0.6 is 0 Å². The van der Waals surface area contributed by atoms with Crippen LogP contribution in [-0.2, 0) is 13.0 Å². The van der Waals surface area contributed by atoms with E-state index in [0.29, 0.717) is 0 Å². The van der Waals surface area contributed by atoms with Gasteiger partial charge in [0.25, 0.3) is 0 Å². The highest BCUT2D eigenvalue weighted by Gasteiger charge is 2.23. The molecule has 0 bridgehead atoms. The molecule has 1 aliphatic heterocycles. The second-order valence-corrected chi connectivity index (χ2v) is 7.64. The zero-order chi connectivity index (χ0) is 18.7. The molecular weight excluding hydrogens is 326 g/mol. The molecule has 2 aromatic rings. The Morgan fingerprint density at radius 2 is 1.56 bits per heavy atom. The van der Waals surface area contributed by atoms with E-state index in [0.717, 1.165) is 25.9 Å². The first-order chi connectivity index (χ1) is 13.4. The lowest BCUT2D eigenvalue weighted by Crippen LogP contribution is -2.33. The molecule has 0 fully saturated rings. The van der Waals surface area contributed by atoms with Gasteiger partial charge in [-0.25, -0.2) is 0 Å². The summed E-state index contributed by atoms with van der Waals surface area (Å²) >= 11 is 0. The van der Waals surface area contributed by atoms with Crippen molar-refractivity contribution in [2.24, 2.45) is 0 Å². The number of unbranched alkanes of at least 4 members (excludes halogenated alkanes) is 6. The smallest absolute Gasteiger partial charge is 0.0973 e. The van der Waals surface area contributed by atoms with Gasteiger partial charge < -0.3 is 0 Å². The maximum atomic E-state index is 3.61. The highest BCUT2D eigenvalue weighted by Crippen LogP contribution is 2.27. The molecule has 0 aliphatic carbocycles. The lowest BCUT2D eigenvalue weighted by Gasteiger charge is -2.33. The third kappa shape index (κ3) is 5.98. The first kappa shape index (κ1) is 19.7. The third-order valence-electron chi connectivity index (χ3n) is 5.53. The summed E-state index contributed by atoms with van der Waals surface area (Å²) in [5.74, 6) is 7.12. The van der Waals surface area contributed by atoms with E-state index in [-0.39, 0.29) is 6.04 Å². The van der Waals surface area contributed by atoms with Gasteiger partial charge in [-0.1, -0.05) is 99.5 Å². The van der Waals surface area contributed by atoms with Crippen LogP contribution in [0.4, 0.5) is 0 Å². The normalized spacial score (nSPS) is 14.9. The fourth-order valence-corrected chi connectivity index (χ4v) is 3.92. The van der Waals surface area contributed by atoms with E-state index in [1.54, 1.807) is 0 Å². The van der Waals surface area contributed by atoms with Gasteiger partial charge in [0.1, 0.15) is 0 Å². The number of hydrogen-bond acceptors (Lipinski definition) is 1. The van der Waals surface area contributed by atoms with Crippen molar-refractivity contribution in [2.75, 3.05) is 6.54 Å². The second kappa shape index (κ2) is 11.0. The van der Waals surface area contributed by atoms with Crippen LogP contribution in [0.5, 0.6) is 0 Å². The van der Waals surface area contributed by atoms with Gasteiger partial charge in [-0.05, 0) is 29.5 Å². The summed E-state index contributed by atoms with van der Waals surface area (Å²) in [6.45, 7) is 4.36. The lowest BCUT2D eigenvalue weighted by molar-refractivity contribution is 0.218. The molecule has 1 heterocycles. The molecule has 0 saturated carbocycles. The minimum absolute atomic E-state index is 0.208. The van der Waals surface area contributed by atoms with E-state index in [9.17, 15) is 0 Å². The Morgan fingerprint density at radius 1 is 0.852 bits per heavy atom. The molecule has 0 radical (unpaired) electrons. The Labute approximate surface area is 165 Å². The summed E-state index contributed by atoms with van der Waals surface area (Å²) in [6.07, 6.45) is 10.1. The zero-order valence-electron chi connectivity index (χ0n) is 16.8. The van der Waals surface area contributed by atoms with Gasteiger partial charge in [-0.15, -0.1) is 5.92 Å². The van der Waals surface area contributed by atoms with E-state index in [4.69, 9.17) is 0 Å². The van der Waals surface area contributed by atoms with Gasteiger partial charge in [-0.2, -0.15) is 0 Å². The standard InChI is InChI=1S/C26H33N/c1-2-3-4-5-6-7-8-12-19-26(24-16-10-9-11-17-24)27-21-20-23-15-13-14-18-25(23)22-27/h9-11,13-18,26H,2-8,20-22H2,1H3. The number of hydrogen-bond donors (Lipinski definition) is 0. The van der Waals surface area contributed by atoms with Crippen LogP contribution in [0.3, 0.4) is 0 Å². The summed E-state index contributed by atoms with van der Waals surface area (Å²) in [5.41, 5.74) is 4.29. The second-order valence-electron chi connectivity index (χ2n) is 7.64. The van der Waals surface area contributed by atoms with Crippen LogP contribution < -0.4 is 0 Å². The van der Waals surface area contributed by atoms with Gasteiger partial charge in [0.05, 0.1) is 6.04 Å². The van der Waals surface area contributed by atoms with Crippen molar-refractivity contribution in [2.45, 2.75) is 70.9 Å². The predicted molar refractivity (Wildman–Crippen MR) is 116 cm³/mol. The van der Waals surface area contributed by atoms with Gasteiger partial charge in [0.2, 0.25) is 0 Å². The van der Waals surface area contributed by atoms with Gasteiger partial charge in [-0.3, -0.25) is 4.90 Å². The quantitative estimate of drug-likeness (QED) is 0.382. The van der Waals surface area contributed by atoms with Crippen LogP contribution in [-0.4, -0.2) is 11.4 Å². The van der Waals surface area contributed by atoms with Crippen molar-refractivity contribution in [3.8, 4) is 11.8 Å². The number of nitrogens with zero attached hydrogens (tertiary/aromatic N) is 1. The molecule has 27 heavy (non-hydrogen) atoms. The molecule has 1 heteroatoms. The summed E-state index contributed by atoms with van der Waals surface area (Å²) < 4.78 is 0. The topological polar surface area (TPSA) is 3.24 Å². The Bertz CT molecular complexity index is 738. The van der Waals surface area contributed by atoms with Gasteiger partial charge >= 0.3 is 0 Å². The van der Waals surface area contributed by atoms with Crippen molar-refractivity contribution >= 4 is 0 Å². The largest absolute Gasteiger partial charge is 0.281 e. The lowest BCUT2D eigenvalue weighted by atomic mass is 9.96. The maximum Gasteiger partial charge on any atom is 0.0973 e. The SMILES string of the molecule is CCCCCCCCC#CC(c1ccccc1)N1CCc2ccccc2C1. The Morgan fingerprint density at radius 3 is 2.37 bits per heavy atom. The molecule has 0 amide bonds. The van der Waals surface area contributed by atoms with E-state index in [2.05, 4.69) is 78.3 Å². The monoisotopic (exact) mass is 359 g/mol. The van der Waals surface area contributed by atoms with Crippen LogP contribution in [0.15, 0.2) is 54.6 Å². The molecule has 0 saturated heterocycles. The van der Waals surface area contributed by atoms with Crippen LogP contribution in [0, 0.1) is 11.8 Å². The van der Waals surface area contributed by atoms with Crippen molar-refractivity contribution in [1.29, 1.82) is 0 Å². The fourth-order valence-electron chi connectivity index (χ4n) is 3.92. The number of rotatable bonds is 8. The van der Waals surface area contributed by atoms with Gasteiger partial charge in [0, 0.05) is 19.5 Å². The molecule has 1 atom stereocenters. The van der Waals surface area contributed by atoms with Crippen molar-refractivity contribution < 1.29 is 0 Å². The summed E-state index contributed by atoms with van der Waals surface area (Å²) in [4.78, 5) is 2.55. The number of benzene rings is 2. The molecule has 1 nitrogen and oxygen atoms in total. The predicted octanol–water partition coefficient (Wildman–Crippen LogP) is 6.54. The first-order valence-electron chi connectivity index (χ1n) is 10.7. The molecule has 0 N–H and O–H groups in total. The van der Waals surface area contributed by atoms with E-state index in [1.165, 1.54) is 55.2 Å². The average molecular weight is 360 g/mol. The number of fused-ring (bicyclic) bond motifs is 1. The minimum Gasteiger partial charge on any atom is -0.281 e. The highest BCUT2D eigenvalue weighted by molar-refractivity contribution is 5.32. The van der Waals surface area contributed by atoms with Crippen LogP contribution in [0.25, 0.3) is 0 Å². The molecule has 142 valence electrons. The van der Waals surface area contributed by atoms with Crippen LogP contribution in [0.2, 0.25) is 0 Å². The molecule has 2 aromatic carbocycles. The van der Waals surface area contributed by atoms with Crippen molar-refractivity contribution in [3.63, 3.8) is 0 Å². The maximum absolute atomic E-state index is 3.61. The third-order valence-corrected chi connectivity index (χ3v) is 5.53. The molecule has 1 aliphatic rings. The fraction of sp³-hybridized carbons (Fsp3) is 0.462.